The van der Waals surface area contributed by atoms with Crippen molar-refractivity contribution in [3.63, 3.8) is 0 Å². The van der Waals surface area contributed by atoms with Crippen LogP contribution >= 0.6 is 0 Å². The van der Waals surface area contributed by atoms with E-state index in [4.69, 9.17) is 0 Å². The third-order valence-corrected chi connectivity index (χ3v) is 2.77. The lowest BCUT2D eigenvalue weighted by molar-refractivity contribution is 0.684. The summed E-state index contributed by atoms with van der Waals surface area (Å²) in [6.45, 7) is 4.20. The molecule has 84 valence electrons. The van der Waals surface area contributed by atoms with E-state index < -0.39 is 0 Å². The lowest BCUT2D eigenvalue weighted by Crippen LogP contribution is -2.34. The Labute approximate surface area is 92.5 Å². The molecule has 2 rings (SSSR count). The lowest BCUT2D eigenvalue weighted by atomic mass is 10.1. The van der Waals surface area contributed by atoms with Gasteiger partial charge < -0.3 is 4.98 Å². The molecule has 4 nitrogen and oxygen atoms in total. The fourth-order valence-electron chi connectivity index (χ4n) is 1.81. The minimum Gasteiger partial charge on any atom is -0.307 e. The van der Waals surface area contributed by atoms with Crippen molar-refractivity contribution < 1.29 is 0 Å². The number of aryl methyl sites for hydroxylation is 1. The molecule has 1 N–H and O–H groups in total. The summed E-state index contributed by atoms with van der Waals surface area (Å²) in [6, 6.07) is 5.55. The Morgan fingerprint density at radius 3 is 2.62 bits per heavy atom. The van der Waals surface area contributed by atoms with Crippen molar-refractivity contribution in [2.45, 2.75) is 26.8 Å². The van der Waals surface area contributed by atoms with Crippen LogP contribution in [-0.2, 0) is 13.0 Å². The summed E-state index contributed by atoms with van der Waals surface area (Å²) in [5.41, 5.74) is 1.17. The quantitative estimate of drug-likeness (QED) is 0.825. The smallest absolute Gasteiger partial charge is 0.307 e. The van der Waals surface area contributed by atoms with E-state index in [2.05, 4.69) is 4.98 Å². The third kappa shape index (κ3) is 1.56. The molecule has 4 heteroatoms. The van der Waals surface area contributed by atoms with Crippen molar-refractivity contribution in [2.24, 2.45) is 0 Å². The first-order chi connectivity index (χ1) is 7.67. The molecule has 16 heavy (non-hydrogen) atoms. The predicted molar refractivity (Wildman–Crippen MR) is 63.9 cm³/mol. The highest BCUT2D eigenvalue weighted by Gasteiger charge is 2.05. The summed E-state index contributed by atoms with van der Waals surface area (Å²) >= 11 is 0. The van der Waals surface area contributed by atoms with Crippen LogP contribution in [0.2, 0.25) is 0 Å². The minimum atomic E-state index is -0.340. The first-order valence-corrected chi connectivity index (χ1v) is 5.43. The zero-order chi connectivity index (χ0) is 11.7. The van der Waals surface area contributed by atoms with E-state index in [-0.39, 0.29) is 11.2 Å². The van der Waals surface area contributed by atoms with Crippen molar-refractivity contribution in [2.75, 3.05) is 0 Å². The number of nitrogens with zero attached hydrogens (tertiary/aromatic N) is 1. The number of rotatable bonds is 2. The summed E-state index contributed by atoms with van der Waals surface area (Å²) in [5.74, 6) is 0. The van der Waals surface area contributed by atoms with Crippen molar-refractivity contribution in [3.8, 4) is 0 Å². The fourth-order valence-corrected chi connectivity index (χ4v) is 1.81. The Hall–Kier alpha value is -1.84. The molecule has 0 saturated heterocycles. The molecule has 2 aromatic rings. The molecule has 0 aliphatic rings. The number of H-pyrrole nitrogens is 1. The van der Waals surface area contributed by atoms with Gasteiger partial charge >= 0.3 is 5.69 Å². The molecule has 0 aliphatic heterocycles. The normalized spacial score (nSPS) is 10.9. The van der Waals surface area contributed by atoms with Crippen LogP contribution < -0.4 is 11.2 Å². The largest absolute Gasteiger partial charge is 0.328 e. The number of hydrogen-bond donors (Lipinski definition) is 1. The van der Waals surface area contributed by atoms with Crippen LogP contribution in [0, 0.1) is 0 Å². The zero-order valence-corrected chi connectivity index (χ0v) is 9.41. The van der Waals surface area contributed by atoms with Gasteiger partial charge in [-0.25, -0.2) is 4.79 Å². The number of nitrogens with one attached hydrogen (secondary N) is 1. The summed E-state index contributed by atoms with van der Waals surface area (Å²) < 4.78 is 1.20. The Kier molecular flexibility index (Phi) is 2.64. The third-order valence-electron chi connectivity index (χ3n) is 2.77. The lowest BCUT2D eigenvalue weighted by Gasteiger charge is -2.04. The van der Waals surface area contributed by atoms with Crippen LogP contribution in [0.1, 0.15) is 19.4 Å². The molecule has 1 aromatic heterocycles. The molecule has 0 amide bonds. The maximum atomic E-state index is 11.9. The van der Waals surface area contributed by atoms with E-state index in [0.29, 0.717) is 17.4 Å². The molecule has 0 radical (unpaired) electrons. The van der Waals surface area contributed by atoms with Crippen molar-refractivity contribution in [1.82, 2.24) is 9.55 Å². The van der Waals surface area contributed by atoms with Crippen LogP contribution in [0.15, 0.2) is 27.8 Å². The van der Waals surface area contributed by atoms with Crippen LogP contribution in [0.25, 0.3) is 10.9 Å². The van der Waals surface area contributed by atoms with Gasteiger partial charge in [-0.15, -0.1) is 0 Å². The average molecular weight is 218 g/mol. The molecule has 0 fully saturated rings. The molecular weight excluding hydrogens is 204 g/mol. The molecule has 1 heterocycles. The summed E-state index contributed by atoms with van der Waals surface area (Å²) in [7, 11) is 0. The van der Waals surface area contributed by atoms with Gasteiger partial charge in [-0.1, -0.05) is 13.0 Å². The highest BCUT2D eigenvalue weighted by molar-refractivity contribution is 5.77. The van der Waals surface area contributed by atoms with Crippen molar-refractivity contribution in [1.29, 1.82) is 0 Å². The maximum Gasteiger partial charge on any atom is 0.328 e. The Bertz CT molecular complexity index is 637. The Morgan fingerprint density at radius 2 is 2.00 bits per heavy atom. The molecule has 0 saturated carbocycles. The van der Waals surface area contributed by atoms with E-state index in [1.807, 2.05) is 19.1 Å². The standard InChI is InChI=1S/C12H14N2O2/c1-3-8-5-6-9-10(7-8)13-12(16)14(4-2)11(9)15/h5-7H,3-4H2,1-2H3,(H,13,16). The van der Waals surface area contributed by atoms with Crippen LogP contribution in [0.4, 0.5) is 0 Å². The molecular formula is C12H14N2O2. The number of aromatic amines is 1. The van der Waals surface area contributed by atoms with Crippen LogP contribution in [0.5, 0.6) is 0 Å². The average Bonchev–Trinajstić information content (AvgIpc) is 2.28. The SMILES string of the molecule is CCc1ccc2c(=O)n(CC)c(=O)[nH]c2c1. The first-order valence-electron chi connectivity index (χ1n) is 5.43. The summed E-state index contributed by atoms with van der Waals surface area (Å²) in [4.78, 5) is 26.2. The van der Waals surface area contributed by atoms with Gasteiger partial charge in [0.1, 0.15) is 0 Å². The predicted octanol–water partition coefficient (Wildman–Crippen LogP) is 1.27. The van der Waals surface area contributed by atoms with Gasteiger partial charge in [0.15, 0.2) is 0 Å². The maximum absolute atomic E-state index is 11.9. The summed E-state index contributed by atoms with van der Waals surface area (Å²) in [6.07, 6.45) is 0.884. The van der Waals surface area contributed by atoms with Crippen molar-refractivity contribution >= 4 is 10.9 Å². The zero-order valence-electron chi connectivity index (χ0n) is 9.41. The highest BCUT2D eigenvalue weighted by Crippen LogP contribution is 2.09. The minimum absolute atomic E-state index is 0.219. The number of hydrogen-bond acceptors (Lipinski definition) is 2. The van der Waals surface area contributed by atoms with Gasteiger partial charge in [-0.2, -0.15) is 0 Å². The van der Waals surface area contributed by atoms with E-state index in [1.54, 1.807) is 13.0 Å². The van der Waals surface area contributed by atoms with Gasteiger partial charge in [0.05, 0.1) is 10.9 Å². The van der Waals surface area contributed by atoms with Gasteiger partial charge in [0, 0.05) is 6.54 Å². The number of benzene rings is 1. The second-order valence-electron chi connectivity index (χ2n) is 3.71. The van der Waals surface area contributed by atoms with Crippen LogP contribution in [0.3, 0.4) is 0 Å². The van der Waals surface area contributed by atoms with E-state index >= 15 is 0 Å². The van der Waals surface area contributed by atoms with Gasteiger partial charge in [-0.05, 0) is 31.0 Å². The number of fused-ring (bicyclic) bond motifs is 1. The summed E-state index contributed by atoms with van der Waals surface area (Å²) in [5, 5.41) is 0.568. The second-order valence-corrected chi connectivity index (χ2v) is 3.71. The van der Waals surface area contributed by atoms with E-state index in [0.717, 1.165) is 12.0 Å². The van der Waals surface area contributed by atoms with Crippen molar-refractivity contribution in [3.05, 3.63) is 44.6 Å². The van der Waals surface area contributed by atoms with Gasteiger partial charge in [0.2, 0.25) is 0 Å². The fraction of sp³-hybridized carbons (Fsp3) is 0.333. The Balaban J connectivity index is 2.87. The molecule has 0 unspecified atom stereocenters. The monoisotopic (exact) mass is 218 g/mol. The molecule has 0 spiro atoms. The Morgan fingerprint density at radius 1 is 1.25 bits per heavy atom. The topological polar surface area (TPSA) is 54.9 Å². The second kappa shape index (κ2) is 3.96. The molecule has 0 atom stereocenters. The van der Waals surface area contributed by atoms with Crippen LogP contribution in [-0.4, -0.2) is 9.55 Å². The van der Waals surface area contributed by atoms with E-state index in [1.165, 1.54) is 4.57 Å². The van der Waals surface area contributed by atoms with Gasteiger partial charge in [-0.3, -0.25) is 9.36 Å². The highest BCUT2D eigenvalue weighted by atomic mass is 16.2. The molecule has 0 aliphatic carbocycles. The number of aromatic nitrogens is 2. The first kappa shape index (κ1) is 10.7. The van der Waals surface area contributed by atoms with Gasteiger partial charge in [0.25, 0.3) is 5.56 Å². The van der Waals surface area contributed by atoms with E-state index in [9.17, 15) is 9.59 Å². The molecule has 1 aromatic carbocycles. The molecule has 0 bridgehead atoms.